The van der Waals surface area contributed by atoms with Crippen LogP contribution in [-0.2, 0) is 0 Å². The van der Waals surface area contributed by atoms with Crippen LogP contribution in [0.2, 0.25) is 0 Å². The lowest BCUT2D eigenvalue weighted by Gasteiger charge is -2.22. The molecule has 1 atom stereocenters. The van der Waals surface area contributed by atoms with Crippen LogP contribution in [0.5, 0.6) is 0 Å². The predicted octanol–water partition coefficient (Wildman–Crippen LogP) is 3.07. The molecule has 0 bridgehead atoms. The molecule has 1 aromatic heterocycles. The van der Waals surface area contributed by atoms with Crippen molar-refractivity contribution in [1.82, 2.24) is 10.3 Å². The van der Waals surface area contributed by atoms with Gasteiger partial charge in [0.25, 0.3) is 0 Å². The molecule has 4 heteroatoms. The fourth-order valence-corrected chi connectivity index (χ4v) is 2.70. The lowest BCUT2D eigenvalue weighted by atomic mass is 10.1. The van der Waals surface area contributed by atoms with Gasteiger partial charge in [-0.1, -0.05) is 6.92 Å². The van der Waals surface area contributed by atoms with Gasteiger partial charge in [-0.2, -0.15) is 5.26 Å². The second-order valence-corrected chi connectivity index (χ2v) is 5.78. The quantitative estimate of drug-likeness (QED) is 0.801. The maximum Gasteiger partial charge on any atom is 0.113 e. The smallest absolute Gasteiger partial charge is 0.113 e. The van der Waals surface area contributed by atoms with Crippen LogP contribution in [0.1, 0.15) is 31.5 Å². The highest BCUT2D eigenvalue weighted by molar-refractivity contribution is 7.99. The van der Waals surface area contributed by atoms with E-state index >= 15 is 0 Å². The number of hydrogen-bond donors (Lipinski definition) is 1. The molecule has 1 unspecified atom stereocenters. The average Bonchev–Trinajstić information content (AvgIpc) is 2.33. The molecule has 0 amide bonds. The second-order valence-electron chi connectivity index (χ2n) is 4.78. The van der Waals surface area contributed by atoms with Crippen LogP contribution in [0.4, 0.5) is 0 Å². The topological polar surface area (TPSA) is 48.7 Å². The van der Waals surface area contributed by atoms with Gasteiger partial charge in [-0.15, -0.1) is 11.8 Å². The van der Waals surface area contributed by atoms with Gasteiger partial charge in [0.05, 0.1) is 11.1 Å². The Bertz CT molecular complexity index is 419. The molecule has 0 spiro atoms. The predicted molar refractivity (Wildman–Crippen MR) is 76.7 cm³/mol. The first-order chi connectivity index (χ1) is 8.49. The first-order valence-corrected chi connectivity index (χ1v) is 7.22. The zero-order chi connectivity index (χ0) is 13.6. The van der Waals surface area contributed by atoms with Crippen molar-refractivity contribution in [2.24, 2.45) is 0 Å². The van der Waals surface area contributed by atoms with E-state index in [2.05, 4.69) is 42.4 Å². The number of aryl methyl sites for hydroxylation is 2. The van der Waals surface area contributed by atoms with Crippen LogP contribution in [0.15, 0.2) is 17.2 Å². The molecule has 1 aromatic rings. The Labute approximate surface area is 114 Å². The van der Waals surface area contributed by atoms with E-state index in [1.807, 2.05) is 13.8 Å². The number of nitriles is 1. The molecule has 0 aliphatic heterocycles. The van der Waals surface area contributed by atoms with Gasteiger partial charge in [-0.05, 0) is 51.4 Å². The van der Waals surface area contributed by atoms with Crippen LogP contribution in [0.3, 0.4) is 0 Å². The minimum atomic E-state index is -0.486. The summed E-state index contributed by atoms with van der Waals surface area (Å²) in [5.74, 6) is 0.708. The maximum absolute atomic E-state index is 9.25. The number of nitrogens with one attached hydrogen (secondary N) is 1. The van der Waals surface area contributed by atoms with Crippen molar-refractivity contribution < 1.29 is 0 Å². The van der Waals surface area contributed by atoms with Crippen LogP contribution in [0, 0.1) is 25.2 Å². The van der Waals surface area contributed by atoms with Gasteiger partial charge >= 0.3 is 0 Å². The Hall–Kier alpha value is -1.05. The fourth-order valence-electron chi connectivity index (χ4n) is 1.62. The van der Waals surface area contributed by atoms with Crippen molar-refractivity contribution >= 4 is 11.8 Å². The summed E-state index contributed by atoms with van der Waals surface area (Å²) in [6.45, 7) is 8.97. The number of aromatic nitrogens is 1. The molecule has 1 rings (SSSR count). The Morgan fingerprint density at radius 1 is 1.44 bits per heavy atom. The molecule has 1 N–H and O–H groups in total. The summed E-state index contributed by atoms with van der Waals surface area (Å²) in [5.41, 5.74) is 1.75. The van der Waals surface area contributed by atoms with Crippen LogP contribution in [-0.4, -0.2) is 22.8 Å². The molecule has 0 fully saturated rings. The molecule has 0 aliphatic rings. The van der Waals surface area contributed by atoms with Crippen LogP contribution < -0.4 is 5.32 Å². The minimum Gasteiger partial charge on any atom is -0.299 e. The number of pyridine rings is 1. The van der Waals surface area contributed by atoms with Crippen molar-refractivity contribution in [1.29, 1.82) is 5.26 Å². The lowest BCUT2D eigenvalue weighted by Crippen LogP contribution is -2.43. The third-order valence-corrected chi connectivity index (χ3v) is 3.82. The summed E-state index contributed by atoms with van der Waals surface area (Å²) in [6, 6.07) is 6.48. The average molecular weight is 263 g/mol. The highest BCUT2D eigenvalue weighted by Crippen LogP contribution is 2.22. The third-order valence-electron chi connectivity index (χ3n) is 2.59. The maximum atomic E-state index is 9.25. The fraction of sp³-hybridized carbons (Fsp3) is 0.571. The largest absolute Gasteiger partial charge is 0.299 e. The van der Waals surface area contributed by atoms with Crippen molar-refractivity contribution in [3.8, 4) is 6.07 Å². The van der Waals surface area contributed by atoms with Crippen molar-refractivity contribution in [2.75, 3.05) is 12.3 Å². The van der Waals surface area contributed by atoms with Crippen LogP contribution >= 0.6 is 11.8 Å². The summed E-state index contributed by atoms with van der Waals surface area (Å²) < 4.78 is 0. The highest BCUT2D eigenvalue weighted by Gasteiger charge is 2.23. The zero-order valence-electron chi connectivity index (χ0n) is 11.6. The van der Waals surface area contributed by atoms with Gasteiger partial charge in [0.15, 0.2) is 0 Å². The lowest BCUT2D eigenvalue weighted by molar-refractivity contribution is 0.493. The molecule has 0 aromatic carbocycles. The molecular formula is C14H21N3S. The summed E-state index contributed by atoms with van der Waals surface area (Å²) >= 11 is 1.63. The summed E-state index contributed by atoms with van der Waals surface area (Å²) in [7, 11) is 0. The number of nitrogens with zero attached hydrogens (tertiary/aromatic N) is 2. The van der Waals surface area contributed by atoms with E-state index in [4.69, 9.17) is 0 Å². The summed E-state index contributed by atoms with van der Waals surface area (Å²) in [5, 5.41) is 13.5. The molecule has 0 aliphatic carbocycles. The van der Waals surface area contributed by atoms with Gasteiger partial charge in [-0.25, -0.2) is 4.98 Å². The summed E-state index contributed by atoms with van der Waals surface area (Å²) in [6.07, 6.45) is 1.03. The van der Waals surface area contributed by atoms with E-state index in [0.717, 1.165) is 23.7 Å². The van der Waals surface area contributed by atoms with Crippen LogP contribution in [0.25, 0.3) is 0 Å². The van der Waals surface area contributed by atoms with E-state index < -0.39 is 5.54 Å². The third kappa shape index (κ3) is 4.67. The molecular weight excluding hydrogens is 242 g/mol. The van der Waals surface area contributed by atoms with E-state index in [0.29, 0.717) is 5.75 Å². The number of thioether (sulfide) groups is 1. The standard InChI is InChI=1S/C14H21N3S/c1-5-6-16-14(4,9-15)10-18-13-8-11(2)7-12(3)17-13/h7-8,16H,5-6,10H2,1-4H3. The Morgan fingerprint density at radius 3 is 2.72 bits per heavy atom. The molecule has 0 radical (unpaired) electrons. The molecule has 98 valence electrons. The Balaban J connectivity index is 2.65. The van der Waals surface area contributed by atoms with Crippen molar-refractivity contribution in [2.45, 2.75) is 44.7 Å². The Morgan fingerprint density at radius 2 is 2.17 bits per heavy atom. The van der Waals surface area contributed by atoms with E-state index in [9.17, 15) is 5.26 Å². The van der Waals surface area contributed by atoms with Gasteiger partial charge in [0, 0.05) is 11.4 Å². The molecule has 18 heavy (non-hydrogen) atoms. The van der Waals surface area contributed by atoms with E-state index in [1.54, 1.807) is 11.8 Å². The second kappa shape index (κ2) is 6.77. The summed E-state index contributed by atoms with van der Waals surface area (Å²) in [4.78, 5) is 4.48. The van der Waals surface area contributed by atoms with Gasteiger partial charge < -0.3 is 0 Å². The van der Waals surface area contributed by atoms with E-state index in [-0.39, 0.29) is 0 Å². The molecule has 0 saturated carbocycles. The first-order valence-electron chi connectivity index (χ1n) is 6.23. The van der Waals surface area contributed by atoms with Gasteiger partial charge in [0.1, 0.15) is 5.54 Å². The van der Waals surface area contributed by atoms with Crippen molar-refractivity contribution in [3.63, 3.8) is 0 Å². The van der Waals surface area contributed by atoms with Crippen molar-refractivity contribution in [3.05, 3.63) is 23.4 Å². The number of rotatable bonds is 6. The normalized spacial score (nSPS) is 13.9. The van der Waals surface area contributed by atoms with Gasteiger partial charge in [-0.3, -0.25) is 5.32 Å². The molecule has 1 heterocycles. The minimum absolute atomic E-state index is 0.486. The first kappa shape index (κ1) is 15.0. The SMILES string of the molecule is CCCNC(C)(C#N)CSc1cc(C)cc(C)n1. The van der Waals surface area contributed by atoms with E-state index in [1.165, 1.54) is 5.56 Å². The monoisotopic (exact) mass is 263 g/mol. The highest BCUT2D eigenvalue weighted by atomic mass is 32.2. The number of hydrogen-bond acceptors (Lipinski definition) is 4. The van der Waals surface area contributed by atoms with Gasteiger partial charge in [0.2, 0.25) is 0 Å². The zero-order valence-corrected chi connectivity index (χ0v) is 12.4. The Kier molecular flexibility index (Phi) is 5.64. The molecule has 3 nitrogen and oxygen atoms in total. The molecule has 0 saturated heterocycles.